The highest BCUT2D eigenvalue weighted by Crippen LogP contribution is 2.33. The molecule has 2 aromatic carbocycles. The van der Waals surface area contributed by atoms with Crippen LogP contribution in [0.25, 0.3) is 15.9 Å². The average molecular weight is 467 g/mol. The Morgan fingerprint density at radius 3 is 2.42 bits per heavy atom. The lowest BCUT2D eigenvalue weighted by Gasteiger charge is -2.09. The number of esters is 1. The Kier molecular flexibility index (Phi) is 6.27. The van der Waals surface area contributed by atoms with Crippen LogP contribution in [0.3, 0.4) is 0 Å². The van der Waals surface area contributed by atoms with E-state index in [1.807, 2.05) is 37.3 Å². The summed E-state index contributed by atoms with van der Waals surface area (Å²) in [6.07, 6.45) is 1.50. The first-order valence-corrected chi connectivity index (χ1v) is 10.8. The van der Waals surface area contributed by atoms with E-state index >= 15 is 0 Å². The minimum atomic E-state index is -0.466. The Morgan fingerprint density at radius 2 is 1.76 bits per heavy atom. The first-order valence-electron chi connectivity index (χ1n) is 9.98. The van der Waals surface area contributed by atoms with Crippen molar-refractivity contribution in [2.24, 2.45) is 4.99 Å². The Morgan fingerprint density at radius 1 is 1.06 bits per heavy atom. The molecule has 0 radical (unpaired) electrons. The van der Waals surface area contributed by atoms with Crippen LogP contribution in [0.2, 0.25) is 0 Å². The maximum Gasteiger partial charge on any atom is 0.325 e. The Balaban J connectivity index is 1.84. The second kappa shape index (κ2) is 9.29. The lowest BCUT2D eigenvalue weighted by molar-refractivity contribution is -0.141. The molecule has 0 aliphatic carbocycles. The Labute approximate surface area is 193 Å². The predicted molar refractivity (Wildman–Crippen MR) is 123 cm³/mol. The second-order valence-corrected chi connectivity index (χ2v) is 8.04. The van der Waals surface area contributed by atoms with Crippen molar-refractivity contribution in [1.82, 2.24) is 14.3 Å². The molecule has 0 N–H and O–H groups in total. The highest BCUT2D eigenvalue weighted by Gasteiger charge is 2.18. The molecular weight excluding hydrogens is 444 g/mol. The Bertz CT molecular complexity index is 1400. The molecule has 0 bridgehead atoms. The van der Waals surface area contributed by atoms with Crippen molar-refractivity contribution in [3.63, 3.8) is 0 Å². The summed E-state index contributed by atoms with van der Waals surface area (Å²) in [6, 6.07) is 13.1. The van der Waals surface area contributed by atoms with E-state index in [9.17, 15) is 9.59 Å². The van der Waals surface area contributed by atoms with Crippen molar-refractivity contribution in [1.29, 1.82) is 0 Å². The number of carbonyl (C=O) groups is 2. The normalized spacial score (nSPS) is 11.6. The van der Waals surface area contributed by atoms with Gasteiger partial charge in [-0.3, -0.25) is 9.59 Å². The van der Waals surface area contributed by atoms with Crippen molar-refractivity contribution in [2.75, 3.05) is 21.3 Å². The summed E-state index contributed by atoms with van der Waals surface area (Å²) in [5, 5.41) is 4.35. The summed E-state index contributed by atoms with van der Waals surface area (Å²) < 4.78 is 19.7. The molecule has 0 spiro atoms. The molecule has 33 heavy (non-hydrogen) atoms. The molecule has 170 valence electrons. The molecule has 0 aliphatic heterocycles. The van der Waals surface area contributed by atoms with Crippen LogP contribution in [-0.2, 0) is 16.1 Å². The number of methoxy groups -OCH3 is 3. The van der Waals surface area contributed by atoms with Crippen molar-refractivity contribution in [3.05, 3.63) is 64.7 Å². The third kappa shape index (κ3) is 4.24. The van der Waals surface area contributed by atoms with Gasteiger partial charge in [-0.15, -0.1) is 0 Å². The molecule has 0 unspecified atom stereocenters. The van der Waals surface area contributed by atoms with Gasteiger partial charge >= 0.3 is 5.97 Å². The molecule has 2 aromatic heterocycles. The third-order valence-corrected chi connectivity index (χ3v) is 6.18. The number of thiazole rings is 1. The van der Waals surface area contributed by atoms with Gasteiger partial charge in [-0.2, -0.15) is 10.1 Å². The summed E-state index contributed by atoms with van der Waals surface area (Å²) in [4.78, 5) is 29.9. The fourth-order valence-electron chi connectivity index (χ4n) is 3.42. The number of para-hydroxylation sites is 1. The number of carbonyl (C=O) groups excluding carboxylic acids is 2. The van der Waals surface area contributed by atoms with Crippen LogP contribution in [0.5, 0.6) is 11.5 Å². The largest absolute Gasteiger partial charge is 0.493 e. The van der Waals surface area contributed by atoms with Gasteiger partial charge in [0.25, 0.3) is 5.91 Å². The second-order valence-electron chi connectivity index (χ2n) is 7.03. The summed E-state index contributed by atoms with van der Waals surface area (Å²) in [6.45, 7) is 1.70. The number of nitrogens with zero attached hydrogens (tertiary/aromatic N) is 4. The maximum absolute atomic E-state index is 13.1. The number of ether oxygens (including phenoxy) is 3. The van der Waals surface area contributed by atoms with Crippen molar-refractivity contribution < 1.29 is 23.8 Å². The van der Waals surface area contributed by atoms with Crippen molar-refractivity contribution in [2.45, 2.75) is 13.5 Å². The minimum Gasteiger partial charge on any atom is -0.493 e. The van der Waals surface area contributed by atoms with Gasteiger partial charge in [-0.25, -0.2) is 4.68 Å². The van der Waals surface area contributed by atoms with E-state index in [1.54, 1.807) is 28.5 Å². The van der Waals surface area contributed by atoms with Gasteiger partial charge in [-0.1, -0.05) is 29.5 Å². The molecular formula is C23H22N4O5S. The van der Waals surface area contributed by atoms with E-state index in [4.69, 9.17) is 14.2 Å². The molecule has 0 fully saturated rings. The molecule has 2 heterocycles. The topological polar surface area (TPSA) is 96.9 Å². The number of aromatic nitrogens is 3. The van der Waals surface area contributed by atoms with Crippen molar-refractivity contribution in [3.8, 4) is 17.2 Å². The lowest BCUT2D eigenvalue weighted by atomic mass is 10.2. The van der Waals surface area contributed by atoms with Crippen LogP contribution >= 0.6 is 11.3 Å². The molecule has 0 saturated heterocycles. The quantitative estimate of drug-likeness (QED) is 0.405. The highest BCUT2D eigenvalue weighted by atomic mass is 32.1. The number of amides is 1. The molecule has 0 saturated carbocycles. The molecule has 10 heteroatoms. The van der Waals surface area contributed by atoms with Gasteiger partial charge in [0.15, 0.2) is 16.3 Å². The van der Waals surface area contributed by atoms with E-state index in [-0.39, 0.29) is 6.54 Å². The summed E-state index contributed by atoms with van der Waals surface area (Å²) in [7, 11) is 4.38. The van der Waals surface area contributed by atoms with Gasteiger partial charge in [0.05, 0.1) is 54.7 Å². The van der Waals surface area contributed by atoms with Crippen LogP contribution in [0, 0.1) is 6.92 Å². The standard InChI is InChI=1S/C23H22N4O5S/c1-14-16(12-24-27(14)15-8-6-5-7-9-15)22(29)25-23-26(13-21(28)32-4)17-10-18(30-2)19(31-3)11-20(17)33-23/h5-12H,13H2,1-4H3. The summed E-state index contributed by atoms with van der Waals surface area (Å²) in [5.41, 5.74) is 2.55. The van der Waals surface area contributed by atoms with Gasteiger partial charge in [0.2, 0.25) is 0 Å². The van der Waals surface area contributed by atoms with Crippen LogP contribution < -0.4 is 14.3 Å². The van der Waals surface area contributed by atoms with E-state index in [0.717, 1.165) is 10.4 Å². The SMILES string of the molecule is COC(=O)Cn1c(=NC(=O)c2cnn(-c3ccccc3)c2C)sc2cc(OC)c(OC)cc21. The predicted octanol–water partition coefficient (Wildman–Crippen LogP) is 3.13. The number of hydrogen-bond donors (Lipinski definition) is 0. The van der Waals surface area contributed by atoms with Crippen LogP contribution in [0.1, 0.15) is 16.1 Å². The van der Waals surface area contributed by atoms with Crippen molar-refractivity contribution >= 4 is 33.4 Å². The average Bonchev–Trinajstić information content (AvgIpc) is 3.38. The van der Waals surface area contributed by atoms with Gasteiger partial charge in [0.1, 0.15) is 6.54 Å². The molecule has 4 aromatic rings. The smallest absolute Gasteiger partial charge is 0.325 e. The highest BCUT2D eigenvalue weighted by molar-refractivity contribution is 7.16. The minimum absolute atomic E-state index is 0.111. The van der Waals surface area contributed by atoms with Crippen LogP contribution in [0.15, 0.2) is 53.7 Å². The first kappa shape index (κ1) is 22.3. The van der Waals surface area contributed by atoms with E-state index in [0.29, 0.717) is 33.1 Å². The monoisotopic (exact) mass is 466 g/mol. The van der Waals surface area contributed by atoms with Gasteiger partial charge in [0, 0.05) is 12.1 Å². The zero-order chi connectivity index (χ0) is 23.5. The van der Waals surface area contributed by atoms with Gasteiger partial charge in [-0.05, 0) is 19.1 Å². The molecule has 1 amide bonds. The van der Waals surface area contributed by atoms with E-state index < -0.39 is 11.9 Å². The number of fused-ring (bicyclic) bond motifs is 1. The molecule has 9 nitrogen and oxygen atoms in total. The Hall–Kier alpha value is -3.92. The first-order chi connectivity index (χ1) is 16.0. The maximum atomic E-state index is 13.1. The van der Waals surface area contributed by atoms with E-state index in [1.165, 1.54) is 31.8 Å². The third-order valence-electron chi connectivity index (χ3n) is 5.14. The zero-order valence-corrected chi connectivity index (χ0v) is 19.4. The summed E-state index contributed by atoms with van der Waals surface area (Å²) >= 11 is 1.26. The fourth-order valence-corrected chi connectivity index (χ4v) is 4.46. The summed E-state index contributed by atoms with van der Waals surface area (Å²) in [5.74, 6) is 0.110. The van der Waals surface area contributed by atoms with Gasteiger partial charge < -0.3 is 18.8 Å². The number of benzene rings is 2. The number of hydrogen-bond acceptors (Lipinski definition) is 7. The lowest BCUT2D eigenvalue weighted by Crippen LogP contribution is -2.22. The van der Waals surface area contributed by atoms with E-state index in [2.05, 4.69) is 10.1 Å². The van der Waals surface area contributed by atoms with Crippen LogP contribution in [-0.4, -0.2) is 47.6 Å². The molecule has 4 rings (SSSR count). The van der Waals surface area contributed by atoms with Crippen LogP contribution in [0.4, 0.5) is 0 Å². The fraction of sp³-hybridized carbons (Fsp3) is 0.217. The molecule has 0 aliphatic rings. The zero-order valence-electron chi connectivity index (χ0n) is 18.6. The number of rotatable bonds is 6. The molecule has 0 atom stereocenters.